The Morgan fingerprint density at radius 3 is 2.57 bits per heavy atom. The number of carboxylic acids is 1. The van der Waals surface area contributed by atoms with Crippen molar-refractivity contribution in [3.8, 4) is 5.75 Å². The number of benzene rings is 1. The van der Waals surface area contributed by atoms with Crippen molar-refractivity contribution in [1.82, 2.24) is 5.32 Å². The third-order valence-electron chi connectivity index (χ3n) is 2.47. The van der Waals surface area contributed by atoms with Crippen LogP contribution in [0.4, 0.5) is 18.9 Å². The van der Waals surface area contributed by atoms with E-state index >= 15 is 0 Å². The number of nitrogens with one attached hydrogen (secondary N) is 1. The lowest BCUT2D eigenvalue weighted by Crippen LogP contribution is -2.45. The summed E-state index contributed by atoms with van der Waals surface area (Å²) in [6.45, 7) is -0.789. The number of alkyl halides is 3. The highest BCUT2D eigenvalue weighted by Crippen LogP contribution is 2.22. The number of aliphatic carboxylic acids is 1. The Morgan fingerprint density at radius 2 is 2.04 bits per heavy atom. The van der Waals surface area contributed by atoms with Crippen LogP contribution in [0.5, 0.6) is 5.75 Å². The van der Waals surface area contributed by atoms with Crippen molar-refractivity contribution in [1.29, 1.82) is 0 Å². The summed E-state index contributed by atoms with van der Waals surface area (Å²) in [6.07, 6.45) is -6.50. The van der Waals surface area contributed by atoms with Gasteiger partial charge < -0.3 is 15.2 Å². The average Bonchev–Trinajstić information content (AvgIpc) is 2.43. The second-order valence-corrected chi connectivity index (χ2v) is 4.32. The fourth-order valence-electron chi connectivity index (χ4n) is 1.50. The van der Waals surface area contributed by atoms with Gasteiger partial charge in [-0.2, -0.15) is 13.2 Å². The molecular formula is C12H11F3N2O6. The smallest absolute Gasteiger partial charge is 0.391 e. The Morgan fingerprint density at radius 1 is 1.39 bits per heavy atom. The van der Waals surface area contributed by atoms with Gasteiger partial charge in [-0.15, -0.1) is 0 Å². The second-order valence-electron chi connectivity index (χ2n) is 4.32. The van der Waals surface area contributed by atoms with Gasteiger partial charge >= 0.3 is 12.1 Å². The van der Waals surface area contributed by atoms with E-state index in [1.807, 2.05) is 0 Å². The fraction of sp³-hybridized carbons (Fsp3) is 0.333. The van der Waals surface area contributed by atoms with Gasteiger partial charge in [-0.25, -0.2) is 4.79 Å². The van der Waals surface area contributed by atoms with E-state index in [1.54, 1.807) is 5.32 Å². The highest BCUT2D eigenvalue weighted by atomic mass is 19.4. The average molecular weight is 336 g/mol. The third-order valence-corrected chi connectivity index (χ3v) is 2.47. The summed E-state index contributed by atoms with van der Waals surface area (Å²) in [5.74, 6) is -3.00. The molecule has 1 unspecified atom stereocenters. The van der Waals surface area contributed by atoms with E-state index in [0.29, 0.717) is 0 Å². The van der Waals surface area contributed by atoms with Gasteiger partial charge in [0.15, 0.2) is 6.61 Å². The molecule has 0 aromatic heterocycles. The van der Waals surface area contributed by atoms with Crippen LogP contribution in [0.25, 0.3) is 0 Å². The van der Waals surface area contributed by atoms with Gasteiger partial charge in [0.2, 0.25) is 0 Å². The molecule has 23 heavy (non-hydrogen) atoms. The Hall–Kier alpha value is -2.85. The number of nitro groups is 1. The first-order valence-corrected chi connectivity index (χ1v) is 6.04. The lowest BCUT2D eigenvalue weighted by molar-refractivity contribution is -0.384. The van der Waals surface area contributed by atoms with Crippen LogP contribution in [0.3, 0.4) is 0 Å². The van der Waals surface area contributed by atoms with Crippen LogP contribution in [0.2, 0.25) is 0 Å². The van der Waals surface area contributed by atoms with Crippen molar-refractivity contribution >= 4 is 17.6 Å². The molecular weight excluding hydrogens is 325 g/mol. The summed E-state index contributed by atoms with van der Waals surface area (Å²) in [4.78, 5) is 32.0. The number of nitrogens with zero attached hydrogens (tertiary/aromatic N) is 1. The normalized spacial score (nSPS) is 12.3. The van der Waals surface area contributed by atoms with E-state index in [4.69, 9.17) is 9.84 Å². The molecule has 126 valence electrons. The molecule has 1 atom stereocenters. The molecule has 1 aromatic carbocycles. The number of hydrogen-bond acceptors (Lipinski definition) is 5. The number of carbonyl (C=O) groups is 2. The van der Waals surface area contributed by atoms with E-state index in [9.17, 15) is 32.9 Å². The van der Waals surface area contributed by atoms with Crippen LogP contribution in [-0.4, -0.2) is 40.7 Å². The molecule has 8 nitrogen and oxygen atoms in total. The minimum atomic E-state index is -4.77. The lowest BCUT2D eigenvalue weighted by atomic mass is 10.2. The van der Waals surface area contributed by atoms with Crippen molar-refractivity contribution in [2.45, 2.75) is 18.6 Å². The summed E-state index contributed by atoms with van der Waals surface area (Å²) in [7, 11) is 0. The summed E-state index contributed by atoms with van der Waals surface area (Å²) >= 11 is 0. The highest BCUT2D eigenvalue weighted by Gasteiger charge is 2.36. The summed E-state index contributed by atoms with van der Waals surface area (Å²) < 4.78 is 41.4. The predicted octanol–water partition coefficient (Wildman–Crippen LogP) is 1.50. The number of ether oxygens (including phenoxy) is 1. The zero-order chi connectivity index (χ0) is 17.6. The largest absolute Gasteiger partial charge is 0.484 e. The molecule has 0 fully saturated rings. The number of non-ortho nitro benzene ring substituents is 1. The predicted molar refractivity (Wildman–Crippen MR) is 68.8 cm³/mol. The van der Waals surface area contributed by atoms with Gasteiger partial charge in [0, 0.05) is 6.07 Å². The van der Waals surface area contributed by atoms with Gasteiger partial charge in [-0.1, -0.05) is 6.07 Å². The van der Waals surface area contributed by atoms with Crippen molar-refractivity contribution < 1.29 is 37.5 Å². The maximum Gasteiger partial charge on any atom is 0.391 e. The Kier molecular flexibility index (Phi) is 5.87. The monoisotopic (exact) mass is 336 g/mol. The Bertz CT molecular complexity index is 605. The minimum absolute atomic E-state index is 0.0583. The quantitative estimate of drug-likeness (QED) is 0.575. The van der Waals surface area contributed by atoms with Crippen LogP contribution in [-0.2, 0) is 9.59 Å². The van der Waals surface area contributed by atoms with Crippen molar-refractivity contribution in [2.75, 3.05) is 6.61 Å². The number of amides is 1. The van der Waals surface area contributed by atoms with Crippen LogP contribution in [0.1, 0.15) is 6.42 Å². The van der Waals surface area contributed by atoms with Crippen molar-refractivity contribution in [3.63, 3.8) is 0 Å². The van der Waals surface area contributed by atoms with Gasteiger partial charge in [-0.05, 0) is 6.07 Å². The van der Waals surface area contributed by atoms with Crippen LogP contribution in [0.15, 0.2) is 24.3 Å². The molecule has 11 heteroatoms. The zero-order valence-electron chi connectivity index (χ0n) is 11.4. The van der Waals surface area contributed by atoms with Gasteiger partial charge in [-0.3, -0.25) is 14.9 Å². The number of halogens is 3. The first kappa shape index (κ1) is 18.2. The minimum Gasteiger partial charge on any atom is -0.484 e. The van der Waals surface area contributed by atoms with Gasteiger partial charge in [0.05, 0.1) is 17.4 Å². The topological polar surface area (TPSA) is 119 Å². The number of carbonyl (C=O) groups excluding carboxylic acids is 1. The number of rotatable bonds is 7. The van der Waals surface area contributed by atoms with E-state index in [1.165, 1.54) is 18.2 Å². The second kappa shape index (κ2) is 7.42. The Balaban J connectivity index is 2.60. The zero-order valence-corrected chi connectivity index (χ0v) is 11.4. The van der Waals surface area contributed by atoms with Gasteiger partial charge in [0.25, 0.3) is 11.6 Å². The number of hydrogen-bond donors (Lipinski definition) is 2. The molecule has 0 saturated heterocycles. The molecule has 0 aliphatic heterocycles. The maximum atomic E-state index is 12.2. The molecule has 0 spiro atoms. The van der Waals surface area contributed by atoms with Crippen LogP contribution < -0.4 is 10.1 Å². The highest BCUT2D eigenvalue weighted by molar-refractivity contribution is 5.84. The standard InChI is InChI=1S/C12H11F3N2O6/c13-12(14,15)5-9(11(19)20)16-10(18)6-23-8-3-1-2-7(4-8)17(21)22/h1-4,9H,5-6H2,(H,16,18)(H,19,20). The summed E-state index contributed by atoms with van der Waals surface area (Å²) in [5, 5.41) is 20.8. The maximum absolute atomic E-state index is 12.2. The summed E-state index contributed by atoms with van der Waals surface area (Å²) in [6, 6.07) is 2.63. The first-order chi connectivity index (χ1) is 10.6. The molecule has 0 heterocycles. The molecule has 2 N–H and O–H groups in total. The summed E-state index contributed by atoms with van der Waals surface area (Å²) in [5.41, 5.74) is -0.302. The fourth-order valence-corrected chi connectivity index (χ4v) is 1.50. The van der Waals surface area contributed by atoms with E-state index in [-0.39, 0.29) is 11.4 Å². The first-order valence-electron chi connectivity index (χ1n) is 6.04. The molecule has 1 amide bonds. The molecule has 1 rings (SSSR count). The van der Waals surface area contributed by atoms with E-state index in [0.717, 1.165) is 6.07 Å². The molecule has 0 radical (unpaired) electrons. The van der Waals surface area contributed by atoms with E-state index < -0.39 is 42.0 Å². The Labute approximate surface area is 127 Å². The third kappa shape index (κ3) is 6.63. The SMILES string of the molecule is O=C(COc1cccc([N+](=O)[O-])c1)NC(CC(F)(F)F)C(=O)O. The van der Waals surface area contributed by atoms with E-state index in [2.05, 4.69) is 0 Å². The van der Waals surface area contributed by atoms with Crippen molar-refractivity contribution in [2.24, 2.45) is 0 Å². The van der Waals surface area contributed by atoms with Gasteiger partial charge in [0.1, 0.15) is 11.8 Å². The van der Waals surface area contributed by atoms with Crippen LogP contribution >= 0.6 is 0 Å². The molecule has 0 aliphatic rings. The molecule has 0 bridgehead atoms. The van der Waals surface area contributed by atoms with Crippen molar-refractivity contribution in [3.05, 3.63) is 34.4 Å². The molecule has 1 aromatic rings. The number of nitro benzene ring substituents is 1. The molecule has 0 saturated carbocycles. The van der Waals surface area contributed by atoms with Crippen LogP contribution in [0, 0.1) is 10.1 Å². The lowest BCUT2D eigenvalue weighted by Gasteiger charge is -2.16. The molecule has 0 aliphatic carbocycles. The number of carboxylic acid groups (broad SMARTS) is 1.